The summed E-state index contributed by atoms with van der Waals surface area (Å²) in [4.78, 5) is 19.1. The first-order valence-electron chi connectivity index (χ1n) is 4.80. The van der Waals surface area contributed by atoms with E-state index in [1.807, 2.05) is 19.9 Å². The number of carbonyl (C=O) groups is 1. The zero-order valence-corrected chi connectivity index (χ0v) is 9.01. The number of aliphatic carboxylic acids is 1. The lowest BCUT2D eigenvalue weighted by Gasteiger charge is -2.08. The minimum atomic E-state index is -1.08. The number of carboxylic acid groups (broad SMARTS) is 1. The molecule has 6 nitrogen and oxygen atoms in total. The molecule has 2 rings (SSSR count). The Bertz CT molecular complexity index is 561. The van der Waals surface area contributed by atoms with E-state index in [4.69, 9.17) is 10.8 Å². The standard InChI is InChI=1S/C10H12N4O2/c1-5-3-6(2)14-7(8(11)9(15)16)4-12-10(14)13-5/h3-4,8H,11H2,1-2H3,(H,15,16). The van der Waals surface area contributed by atoms with Crippen molar-refractivity contribution < 1.29 is 9.90 Å². The highest BCUT2D eigenvalue weighted by atomic mass is 16.4. The number of hydrogen-bond acceptors (Lipinski definition) is 4. The fraction of sp³-hybridized carbons (Fsp3) is 0.300. The minimum absolute atomic E-state index is 0.438. The van der Waals surface area contributed by atoms with Crippen molar-refractivity contribution >= 4 is 11.7 Å². The summed E-state index contributed by atoms with van der Waals surface area (Å²) in [6.07, 6.45) is 1.45. The Hall–Kier alpha value is -1.95. The third kappa shape index (κ3) is 1.53. The molecule has 2 aromatic rings. The van der Waals surface area contributed by atoms with Crippen LogP contribution in [0.3, 0.4) is 0 Å². The first-order valence-corrected chi connectivity index (χ1v) is 4.80. The van der Waals surface area contributed by atoms with Gasteiger partial charge in [-0.15, -0.1) is 0 Å². The molecule has 0 aliphatic carbocycles. The van der Waals surface area contributed by atoms with Crippen LogP contribution in [0.1, 0.15) is 23.1 Å². The number of nitrogens with two attached hydrogens (primary N) is 1. The first kappa shape index (κ1) is 10.6. The highest BCUT2D eigenvalue weighted by Gasteiger charge is 2.20. The van der Waals surface area contributed by atoms with Crippen molar-refractivity contribution in [1.29, 1.82) is 0 Å². The number of fused-ring (bicyclic) bond motifs is 1. The van der Waals surface area contributed by atoms with E-state index in [1.165, 1.54) is 6.20 Å². The average molecular weight is 220 g/mol. The van der Waals surface area contributed by atoms with Gasteiger partial charge in [0.2, 0.25) is 5.78 Å². The second kappa shape index (κ2) is 3.57. The zero-order valence-electron chi connectivity index (χ0n) is 9.01. The largest absolute Gasteiger partial charge is 0.480 e. The van der Waals surface area contributed by atoms with E-state index >= 15 is 0 Å². The van der Waals surface area contributed by atoms with E-state index in [0.717, 1.165) is 11.4 Å². The molecule has 2 aromatic heterocycles. The molecule has 3 N–H and O–H groups in total. The van der Waals surface area contributed by atoms with E-state index < -0.39 is 12.0 Å². The van der Waals surface area contributed by atoms with E-state index in [-0.39, 0.29) is 0 Å². The van der Waals surface area contributed by atoms with Crippen LogP contribution in [0.5, 0.6) is 0 Å². The predicted molar refractivity (Wildman–Crippen MR) is 57.0 cm³/mol. The Balaban J connectivity index is 2.69. The average Bonchev–Trinajstić information content (AvgIpc) is 2.59. The summed E-state index contributed by atoms with van der Waals surface area (Å²) in [5.74, 6) is -0.606. The lowest BCUT2D eigenvalue weighted by molar-refractivity contribution is -0.138. The Labute approximate surface area is 91.7 Å². The molecule has 0 aliphatic rings. The number of aromatic nitrogens is 3. The van der Waals surface area contributed by atoms with Gasteiger partial charge in [-0.3, -0.25) is 9.20 Å². The molecule has 0 amide bonds. The molecule has 6 heteroatoms. The van der Waals surface area contributed by atoms with E-state index in [9.17, 15) is 4.79 Å². The molecule has 2 heterocycles. The molecule has 0 radical (unpaired) electrons. The summed E-state index contributed by atoms with van der Waals surface area (Å²) in [6.45, 7) is 3.72. The van der Waals surface area contributed by atoms with Crippen molar-refractivity contribution in [2.45, 2.75) is 19.9 Å². The highest BCUT2D eigenvalue weighted by molar-refractivity contribution is 5.74. The summed E-state index contributed by atoms with van der Waals surface area (Å²) < 4.78 is 1.66. The summed E-state index contributed by atoms with van der Waals surface area (Å²) in [7, 11) is 0. The van der Waals surface area contributed by atoms with Crippen LogP contribution < -0.4 is 5.73 Å². The van der Waals surface area contributed by atoms with Crippen molar-refractivity contribution in [3.63, 3.8) is 0 Å². The van der Waals surface area contributed by atoms with E-state index in [2.05, 4.69) is 9.97 Å². The minimum Gasteiger partial charge on any atom is -0.480 e. The lowest BCUT2D eigenvalue weighted by Crippen LogP contribution is -2.22. The first-order chi connectivity index (χ1) is 7.50. The number of rotatable bonds is 2. The molecule has 0 fully saturated rings. The molecule has 84 valence electrons. The van der Waals surface area contributed by atoms with Crippen molar-refractivity contribution in [2.75, 3.05) is 0 Å². The van der Waals surface area contributed by atoms with Gasteiger partial charge < -0.3 is 10.8 Å². The van der Waals surface area contributed by atoms with Gasteiger partial charge in [-0.25, -0.2) is 9.97 Å². The second-order valence-corrected chi connectivity index (χ2v) is 3.67. The van der Waals surface area contributed by atoms with E-state index in [1.54, 1.807) is 4.40 Å². The van der Waals surface area contributed by atoms with Gasteiger partial charge in [0.05, 0.1) is 11.9 Å². The molecule has 1 atom stereocenters. The normalized spacial score (nSPS) is 12.9. The van der Waals surface area contributed by atoms with Crippen molar-refractivity contribution in [3.8, 4) is 0 Å². The smallest absolute Gasteiger partial charge is 0.326 e. The van der Waals surface area contributed by atoms with Crippen molar-refractivity contribution in [1.82, 2.24) is 14.4 Å². The van der Waals surface area contributed by atoms with Crippen LogP contribution in [0.4, 0.5) is 0 Å². The number of imidazole rings is 1. The van der Waals surface area contributed by atoms with Crippen LogP contribution >= 0.6 is 0 Å². The molecule has 16 heavy (non-hydrogen) atoms. The van der Waals surface area contributed by atoms with Gasteiger partial charge in [0.15, 0.2) is 0 Å². The Morgan fingerprint density at radius 1 is 1.56 bits per heavy atom. The third-order valence-electron chi connectivity index (χ3n) is 2.40. The molecule has 1 unspecified atom stereocenters. The summed E-state index contributed by atoms with van der Waals surface area (Å²) in [6, 6.07) is 0.769. The fourth-order valence-corrected chi connectivity index (χ4v) is 1.70. The SMILES string of the molecule is Cc1cc(C)n2c(C(N)C(=O)O)cnc2n1. The molecule has 0 saturated heterocycles. The Morgan fingerprint density at radius 2 is 2.25 bits per heavy atom. The van der Waals surface area contributed by atoms with Crippen molar-refractivity contribution in [3.05, 3.63) is 29.3 Å². The van der Waals surface area contributed by atoms with Gasteiger partial charge in [-0.1, -0.05) is 0 Å². The maximum absolute atomic E-state index is 10.8. The molecule has 0 spiro atoms. The molecule has 0 saturated carbocycles. The summed E-state index contributed by atoms with van der Waals surface area (Å²) in [5, 5.41) is 8.87. The van der Waals surface area contributed by atoms with Crippen molar-refractivity contribution in [2.24, 2.45) is 5.73 Å². The van der Waals surface area contributed by atoms with Crippen LogP contribution in [0.25, 0.3) is 5.78 Å². The van der Waals surface area contributed by atoms with Crippen LogP contribution in [0, 0.1) is 13.8 Å². The summed E-state index contributed by atoms with van der Waals surface area (Å²) in [5.41, 5.74) is 7.71. The molecule has 0 aliphatic heterocycles. The van der Waals surface area contributed by atoms with Gasteiger partial charge >= 0.3 is 5.97 Å². The molecule has 0 aromatic carbocycles. The van der Waals surface area contributed by atoms with Gasteiger partial charge in [0.1, 0.15) is 6.04 Å². The lowest BCUT2D eigenvalue weighted by atomic mass is 10.2. The monoisotopic (exact) mass is 220 g/mol. The molecular weight excluding hydrogens is 208 g/mol. The fourth-order valence-electron chi connectivity index (χ4n) is 1.70. The van der Waals surface area contributed by atoms with Gasteiger partial charge in [0.25, 0.3) is 0 Å². The third-order valence-corrected chi connectivity index (χ3v) is 2.40. The van der Waals surface area contributed by atoms with Gasteiger partial charge in [-0.2, -0.15) is 0 Å². The van der Waals surface area contributed by atoms with Gasteiger partial charge in [0, 0.05) is 11.4 Å². The Morgan fingerprint density at radius 3 is 2.88 bits per heavy atom. The Kier molecular flexibility index (Phi) is 2.35. The predicted octanol–water partition coefficient (Wildman–Crippen LogP) is 0.431. The highest BCUT2D eigenvalue weighted by Crippen LogP contribution is 2.15. The van der Waals surface area contributed by atoms with Gasteiger partial charge in [-0.05, 0) is 19.9 Å². The zero-order chi connectivity index (χ0) is 11.9. The summed E-state index contributed by atoms with van der Waals surface area (Å²) >= 11 is 0. The van der Waals surface area contributed by atoms with E-state index in [0.29, 0.717) is 11.5 Å². The van der Waals surface area contributed by atoms with Crippen LogP contribution in [-0.4, -0.2) is 25.4 Å². The topological polar surface area (TPSA) is 93.5 Å². The van der Waals surface area contributed by atoms with Crippen LogP contribution in [0.2, 0.25) is 0 Å². The van der Waals surface area contributed by atoms with Crippen LogP contribution in [-0.2, 0) is 4.79 Å². The number of aryl methyl sites for hydroxylation is 2. The molecule has 0 bridgehead atoms. The quantitative estimate of drug-likeness (QED) is 0.765. The maximum Gasteiger partial charge on any atom is 0.326 e. The maximum atomic E-state index is 10.8. The molecular formula is C10H12N4O2. The van der Waals surface area contributed by atoms with Crippen LogP contribution in [0.15, 0.2) is 12.3 Å². The number of hydrogen-bond donors (Lipinski definition) is 2. The second-order valence-electron chi connectivity index (χ2n) is 3.67. The number of carboxylic acids is 1. The number of nitrogens with zero attached hydrogens (tertiary/aromatic N) is 3.